The van der Waals surface area contributed by atoms with Crippen LogP contribution in [0.25, 0.3) is 0 Å². The number of likely N-dealkylation sites (N-methyl/N-ethyl adjacent to an activating group) is 1. The Labute approximate surface area is 120 Å². The summed E-state index contributed by atoms with van der Waals surface area (Å²) in [6.07, 6.45) is 3.91. The minimum Gasteiger partial charge on any atom is -0.377 e. The first kappa shape index (κ1) is 15.0. The molecule has 1 aromatic rings. The molecule has 3 nitrogen and oxygen atoms in total. The van der Waals surface area contributed by atoms with E-state index in [1.54, 1.807) is 0 Å². The predicted molar refractivity (Wildman–Crippen MR) is 81.7 cm³/mol. The van der Waals surface area contributed by atoms with Gasteiger partial charge in [-0.1, -0.05) is 13.8 Å². The molecule has 0 aromatic carbocycles. The van der Waals surface area contributed by atoms with Crippen molar-refractivity contribution < 1.29 is 4.74 Å². The molecule has 2 atom stereocenters. The van der Waals surface area contributed by atoms with E-state index in [0.29, 0.717) is 18.7 Å². The number of hydrogen-bond acceptors (Lipinski definition) is 4. The maximum atomic E-state index is 6.03. The molecule has 0 saturated carbocycles. The monoisotopic (exact) mass is 282 g/mol. The molecule has 19 heavy (non-hydrogen) atoms. The molecule has 0 amide bonds. The van der Waals surface area contributed by atoms with Crippen LogP contribution in [0, 0.1) is 0 Å². The van der Waals surface area contributed by atoms with Gasteiger partial charge >= 0.3 is 0 Å². The van der Waals surface area contributed by atoms with Crippen molar-refractivity contribution in [3.05, 3.63) is 21.9 Å². The summed E-state index contributed by atoms with van der Waals surface area (Å²) in [5.41, 5.74) is 6.03. The topological polar surface area (TPSA) is 38.5 Å². The minimum atomic E-state index is 0.347. The summed E-state index contributed by atoms with van der Waals surface area (Å²) < 4.78 is 5.76. The van der Waals surface area contributed by atoms with Crippen LogP contribution in [0.4, 0.5) is 0 Å². The van der Waals surface area contributed by atoms with Crippen LogP contribution >= 0.6 is 11.3 Å². The average molecular weight is 282 g/mol. The van der Waals surface area contributed by atoms with E-state index in [1.807, 2.05) is 11.3 Å². The molecule has 4 heteroatoms. The third-order valence-corrected chi connectivity index (χ3v) is 5.22. The molecule has 0 aliphatic carbocycles. The average Bonchev–Trinajstić information content (AvgIpc) is 3.09. The molecule has 1 aliphatic heterocycles. The summed E-state index contributed by atoms with van der Waals surface area (Å²) in [5, 5.41) is 0. The number of rotatable bonds is 7. The second-order valence-corrected chi connectivity index (χ2v) is 6.33. The molecule has 1 aliphatic rings. The quantitative estimate of drug-likeness (QED) is 0.836. The lowest BCUT2D eigenvalue weighted by atomic mass is 10.1. The fraction of sp³-hybridized carbons (Fsp3) is 0.733. The van der Waals surface area contributed by atoms with Crippen molar-refractivity contribution in [3.8, 4) is 0 Å². The number of nitrogens with zero attached hydrogens (tertiary/aromatic N) is 1. The number of ether oxygens (including phenoxy) is 1. The molecule has 2 unspecified atom stereocenters. The van der Waals surface area contributed by atoms with E-state index in [1.165, 1.54) is 22.6 Å². The van der Waals surface area contributed by atoms with Gasteiger partial charge in [-0.3, -0.25) is 4.90 Å². The molecule has 2 N–H and O–H groups in total. The van der Waals surface area contributed by atoms with Crippen molar-refractivity contribution in [2.45, 2.75) is 45.3 Å². The summed E-state index contributed by atoms with van der Waals surface area (Å²) in [6.45, 7) is 8.07. The van der Waals surface area contributed by atoms with Crippen LogP contribution in [0.2, 0.25) is 0 Å². The first-order valence-electron chi connectivity index (χ1n) is 7.42. The third kappa shape index (κ3) is 3.78. The Morgan fingerprint density at radius 1 is 1.47 bits per heavy atom. The molecule has 0 radical (unpaired) electrons. The zero-order valence-electron chi connectivity index (χ0n) is 12.1. The Morgan fingerprint density at radius 3 is 2.84 bits per heavy atom. The number of thiophene rings is 1. The van der Waals surface area contributed by atoms with Crippen molar-refractivity contribution in [3.63, 3.8) is 0 Å². The summed E-state index contributed by atoms with van der Waals surface area (Å²) in [5.74, 6) is 0. The first-order valence-corrected chi connectivity index (χ1v) is 8.24. The van der Waals surface area contributed by atoms with E-state index in [4.69, 9.17) is 10.5 Å². The van der Waals surface area contributed by atoms with E-state index < -0.39 is 0 Å². The molecule has 1 saturated heterocycles. The summed E-state index contributed by atoms with van der Waals surface area (Å²) in [7, 11) is 0. The Morgan fingerprint density at radius 2 is 2.32 bits per heavy atom. The lowest BCUT2D eigenvalue weighted by Crippen LogP contribution is -2.38. The van der Waals surface area contributed by atoms with Crippen molar-refractivity contribution in [1.29, 1.82) is 0 Å². The Bertz CT molecular complexity index is 374. The van der Waals surface area contributed by atoms with Crippen LogP contribution in [0.1, 0.15) is 42.5 Å². The fourth-order valence-electron chi connectivity index (χ4n) is 2.74. The summed E-state index contributed by atoms with van der Waals surface area (Å²) in [6, 6.07) is 4.83. The van der Waals surface area contributed by atoms with Crippen molar-refractivity contribution in [2.75, 3.05) is 26.2 Å². The van der Waals surface area contributed by atoms with E-state index in [2.05, 4.69) is 30.9 Å². The summed E-state index contributed by atoms with van der Waals surface area (Å²) in [4.78, 5) is 5.32. The Balaban J connectivity index is 2.04. The van der Waals surface area contributed by atoms with Gasteiger partial charge in [-0.05, 0) is 37.9 Å². The maximum Gasteiger partial charge on any atom is 0.0703 e. The van der Waals surface area contributed by atoms with Gasteiger partial charge in [0.15, 0.2) is 0 Å². The molecule has 1 fully saturated rings. The van der Waals surface area contributed by atoms with Gasteiger partial charge < -0.3 is 10.5 Å². The molecule has 1 aromatic heterocycles. The predicted octanol–water partition coefficient (Wildman–Crippen LogP) is 2.81. The third-order valence-electron chi connectivity index (χ3n) is 3.89. The largest absolute Gasteiger partial charge is 0.377 e. The van der Waals surface area contributed by atoms with Crippen molar-refractivity contribution in [2.24, 2.45) is 5.73 Å². The van der Waals surface area contributed by atoms with E-state index >= 15 is 0 Å². The van der Waals surface area contributed by atoms with E-state index in [0.717, 1.165) is 26.1 Å². The highest BCUT2D eigenvalue weighted by molar-refractivity contribution is 7.12. The molecule has 2 heterocycles. The number of hydrogen-bond donors (Lipinski definition) is 1. The zero-order chi connectivity index (χ0) is 13.7. The van der Waals surface area contributed by atoms with E-state index in [9.17, 15) is 0 Å². The first-order chi connectivity index (χ1) is 9.28. The van der Waals surface area contributed by atoms with Gasteiger partial charge in [0.1, 0.15) is 0 Å². The van der Waals surface area contributed by atoms with Gasteiger partial charge in [0.05, 0.1) is 12.1 Å². The number of aryl methyl sites for hydroxylation is 1. The normalized spacial score (nSPS) is 21.2. The highest BCUT2D eigenvalue weighted by Crippen LogP contribution is 2.28. The van der Waals surface area contributed by atoms with Gasteiger partial charge in [-0.2, -0.15) is 0 Å². The zero-order valence-corrected chi connectivity index (χ0v) is 12.9. The van der Waals surface area contributed by atoms with Crippen molar-refractivity contribution in [1.82, 2.24) is 4.90 Å². The molecule has 108 valence electrons. The van der Waals surface area contributed by atoms with Gasteiger partial charge in [0.25, 0.3) is 0 Å². The fourth-order valence-corrected chi connectivity index (χ4v) is 3.84. The van der Waals surface area contributed by atoms with Crippen LogP contribution < -0.4 is 5.73 Å². The lowest BCUT2D eigenvalue weighted by Gasteiger charge is -2.31. The van der Waals surface area contributed by atoms with Gasteiger partial charge in [0, 0.05) is 29.5 Å². The van der Waals surface area contributed by atoms with Gasteiger partial charge in [0.2, 0.25) is 0 Å². The van der Waals surface area contributed by atoms with Gasteiger partial charge in [-0.15, -0.1) is 11.3 Å². The Kier molecular flexibility index (Phi) is 5.82. The smallest absolute Gasteiger partial charge is 0.0703 e. The SMILES string of the molecule is CCc1ccc(C(CN)N(CC)CC2CCCO2)s1. The molecule has 0 spiro atoms. The lowest BCUT2D eigenvalue weighted by molar-refractivity contribution is 0.0607. The van der Waals surface area contributed by atoms with Crippen LogP contribution in [0.15, 0.2) is 12.1 Å². The van der Waals surface area contributed by atoms with Crippen LogP contribution in [-0.4, -0.2) is 37.2 Å². The standard InChI is InChI=1S/C15H26N2OS/c1-3-13-7-8-15(19-13)14(10-16)17(4-2)11-12-6-5-9-18-12/h7-8,12,14H,3-6,9-11,16H2,1-2H3. The maximum absolute atomic E-state index is 6.03. The number of nitrogens with two attached hydrogens (primary N) is 1. The second kappa shape index (κ2) is 7.39. The molecule has 2 rings (SSSR count). The van der Waals surface area contributed by atoms with Crippen LogP contribution in [0.5, 0.6) is 0 Å². The Hall–Kier alpha value is -0.420. The second-order valence-electron chi connectivity index (χ2n) is 5.13. The highest BCUT2D eigenvalue weighted by Gasteiger charge is 2.24. The summed E-state index contributed by atoms with van der Waals surface area (Å²) >= 11 is 1.90. The van der Waals surface area contributed by atoms with Crippen LogP contribution in [0.3, 0.4) is 0 Å². The molecular formula is C15H26N2OS. The van der Waals surface area contributed by atoms with Crippen molar-refractivity contribution >= 4 is 11.3 Å². The molecular weight excluding hydrogens is 256 g/mol. The van der Waals surface area contributed by atoms with E-state index in [-0.39, 0.29) is 0 Å². The highest BCUT2D eigenvalue weighted by atomic mass is 32.1. The molecule has 0 bridgehead atoms. The van der Waals surface area contributed by atoms with Gasteiger partial charge in [-0.25, -0.2) is 0 Å². The minimum absolute atomic E-state index is 0.347. The van der Waals surface area contributed by atoms with Crippen LogP contribution in [-0.2, 0) is 11.2 Å².